The number of halogens is 3. The molecule has 2 aromatic carbocycles. The number of carbonyl (C=O) groups is 4. The summed E-state index contributed by atoms with van der Waals surface area (Å²) in [6, 6.07) is 15.8. The van der Waals surface area contributed by atoms with E-state index < -0.39 is 11.9 Å². The van der Waals surface area contributed by atoms with Crippen molar-refractivity contribution in [2.45, 2.75) is 26.2 Å². The van der Waals surface area contributed by atoms with E-state index in [0.29, 0.717) is 57.4 Å². The fourth-order valence-corrected chi connectivity index (χ4v) is 7.14. The van der Waals surface area contributed by atoms with Gasteiger partial charge in [-0.15, -0.1) is 12.4 Å². The molecule has 2 aliphatic rings. The zero-order chi connectivity index (χ0) is 43.6. The van der Waals surface area contributed by atoms with Crippen molar-refractivity contribution in [3.63, 3.8) is 0 Å². The Labute approximate surface area is 360 Å². The highest BCUT2D eigenvalue weighted by Gasteiger charge is 2.22. The average molecular weight is 877 g/mol. The van der Waals surface area contributed by atoms with Crippen molar-refractivity contribution >= 4 is 57.9 Å². The Morgan fingerprint density at radius 1 is 0.742 bits per heavy atom. The number of benzene rings is 2. The van der Waals surface area contributed by atoms with Crippen molar-refractivity contribution in [3.8, 4) is 0 Å². The molecule has 8 rings (SSSR count). The monoisotopic (exact) mass is 876 g/mol. The number of pyridine rings is 2. The first kappa shape index (κ1) is 46.7. The lowest BCUT2D eigenvalue weighted by atomic mass is 10.1. The number of carboxylic acid groups (broad SMARTS) is 1. The lowest BCUT2D eigenvalue weighted by Gasteiger charge is -2.26. The Hall–Kier alpha value is -6.35. The van der Waals surface area contributed by atoms with Crippen LogP contribution in [0.3, 0.4) is 0 Å². The number of carbonyl (C=O) groups excluding carboxylic acids is 3. The van der Waals surface area contributed by atoms with Crippen molar-refractivity contribution in [2.75, 3.05) is 53.4 Å². The predicted molar refractivity (Wildman–Crippen MR) is 226 cm³/mol. The highest BCUT2D eigenvalue weighted by atomic mass is 35.5. The molecule has 4 aromatic heterocycles. The molecule has 0 spiro atoms. The van der Waals surface area contributed by atoms with Gasteiger partial charge in [0, 0.05) is 89.6 Å². The molecule has 20 heteroatoms. The van der Waals surface area contributed by atoms with Crippen LogP contribution in [0.4, 0.5) is 8.78 Å². The second-order valence-electron chi connectivity index (χ2n) is 14.5. The van der Waals surface area contributed by atoms with Gasteiger partial charge in [0.05, 0.1) is 36.5 Å². The summed E-state index contributed by atoms with van der Waals surface area (Å²) in [7, 11) is 2.68. The van der Waals surface area contributed by atoms with Crippen molar-refractivity contribution in [1.82, 2.24) is 50.1 Å². The number of nitrogens with one attached hydrogen (secondary N) is 3. The van der Waals surface area contributed by atoms with Gasteiger partial charge in [-0.1, -0.05) is 24.3 Å². The fourth-order valence-electron chi connectivity index (χ4n) is 7.14. The normalized spacial score (nSPS) is 14.2. The van der Waals surface area contributed by atoms with Gasteiger partial charge >= 0.3 is 5.97 Å². The minimum atomic E-state index is -1.09. The minimum Gasteiger partial charge on any atom is -0.477 e. The second-order valence-corrected chi connectivity index (χ2v) is 14.5. The fraction of sp³-hybridized carbons (Fsp3) is 0.286. The summed E-state index contributed by atoms with van der Waals surface area (Å²) in [5.41, 5.74) is 7.18. The number of amides is 3. The van der Waals surface area contributed by atoms with Gasteiger partial charge in [-0.3, -0.25) is 29.4 Å². The molecule has 0 atom stereocenters. The summed E-state index contributed by atoms with van der Waals surface area (Å²) in [4.78, 5) is 59.2. The molecule has 0 saturated carbocycles. The van der Waals surface area contributed by atoms with Crippen LogP contribution in [0.25, 0.3) is 21.8 Å². The van der Waals surface area contributed by atoms with E-state index in [4.69, 9.17) is 5.21 Å². The van der Waals surface area contributed by atoms with Gasteiger partial charge in [0.2, 0.25) is 11.8 Å². The Kier molecular flexibility index (Phi) is 16.2. The van der Waals surface area contributed by atoms with Crippen LogP contribution in [0, 0.1) is 11.6 Å². The molecule has 0 bridgehead atoms. The van der Waals surface area contributed by atoms with E-state index in [2.05, 4.69) is 20.6 Å². The number of aromatic carboxylic acids is 1. The van der Waals surface area contributed by atoms with Crippen LogP contribution in [0.15, 0.2) is 85.5 Å². The topological polar surface area (TPSA) is 210 Å². The van der Waals surface area contributed by atoms with Crippen LogP contribution in [0.5, 0.6) is 0 Å². The quantitative estimate of drug-likeness (QED) is 0.0864. The number of piperazine rings is 2. The van der Waals surface area contributed by atoms with Crippen LogP contribution in [-0.4, -0.2) is 127 Å². The van der Waals surface area contributed by atoms with Crippen molar-refractivity contribution in [3.05, 3.63) is 131 Å². The average Bonchev–Trinajstić information content (AvgIpc) is 3.75. The summed E-state index contributed by atoms with van der Waals surface area (Å²) >= 11 is 0. The highest BCUT2D eigenvalue weighted by Crippen LogP contribution is 2.26. The van der Waals surface area contributed by atoms with Gasteiger partial charge in [-0.25, -0.2) is 34.1 Å². The summed E-state index contributed by atoms with van der Waals surface area (Å²) in [6.45, 7) is 5.33. The Morgan fingerprint density at radius 3 is 1.53 bits per heavy atom. The van der Waals surface area contributed by atoms with E-state index >= 15 is 0 Å². The third-order valence-electron chi connectivity index (χ3n) is 9.99. The number of hydrogen-bond acceptors (Lipinski definition) is 11. The Balaban J connectivity index is 0.000000217. The molecular formula is C42H47ClF2N10O7. The van der Waals surface area contributed by atoms with Crippen LogP contribution in [0.2, 0.25) is 0 Å². The molecule has 0 radical (unpaired) electrons. The highest BCUT2D eigenvalue weighted by molar-refractivity contribution is 5.96. The third kappa shape index (κ3) is 11.9. The zero-order valence-electron chi connectivity index (χ0n) is 33.9. The Morgan fingerprint density at radius 2 is 1.15 bits per heavy atom. The summed E-state index contributed by atoms with van der Waals surface area (Å²) in [5.74, 6) is -2.32. The molecule has 3 amide bonds. The van der Waals surface area contributed by atoms with Crippen LogP contribution >= 0.6 is 12.4 Å². The van der Waals surface area contributed by atoms with Crippen molar-refractivity contribution in [1.29, 1.82) is 0 Å². The molecule has 328 valence electrons. The van der Waals surface area contributed by atoms with Crippen molar-refractivity contribution in [2.24, 2.45) is 0 Å². The first-order chi connectivity index (χ1) is 29.3. The predicted octanol–water partition coefficient (Wildman–Crippen LogP) is 3.49. The number of hydroxylamine groups is 3. The van der Waals surface area contributed by atoms with E-state index in [1.165, 1.54) is 38.4 Å². The second kappa shape index (κ2) is 21.4. The molecule has 6 aromatic rings. The van der Waals surface area contributed by atoms with Gasteiger partial charge in [0.1, 0.15) is 23.0 Å². The number of hydrogen-bond donors (Lipinski definition) is 6. The number of aromatic nitrogens is 4. The molecule has 62 heavy (non-hydrogen) atoms. The first-order valence-corrected chi connectivity index (χ1v) is 19.3. The molecule has 0 unspecified atom stereocenters. The van der Waals surface area contributed by atoms with Gasteiger partial charge in [-0.2, -0.15) is 0 Å². The van der Waals surface area contributed by atoms with Crippen LogP contribution < -0.4 is 16.1 Å². The maximum absolute atomic E-state index is 13.2. The van der Waals surface area contributed by atoms with E-state index in [1.54, 1.807) is 54.3 Å². The number of fused-ring (bicyclic) bond motifs is 2. The molecule has 6 N–H and O–H groups in total. The van der Waals surface area contributed by atoms with Gasteiger partial charge in [0.15, 0.2) is 0 Å². The lowest BCUT2D eigenvalue weighted by Crippen LogP contribution is -2.47. The SMILES string of the molecule is CN(O)C(=O)c1cc2c(CN3CCNC(=O)C3)cn(Cc3ccc(F)cc3)c2cn1.CNO.Cl.O=C1CN(Cc2cn(Cc3ccc(F)cc3)c3cnc(C(=O)O)cc23)CCN1. The number of rotatable bonds is 10. The smallest absolute Gasteiger partial charge is 0.354 e. The molecule has 2 aliphatic heterocycles. The number of carboxylic acids is 1. The lowest BCUT2D eigenvalue weighted by molar-refractivity contribution is -0.125. The Bertz CT molecular complexity index is 2520. The summed E-state index contributed by atoms with van der Waals surface area (Å²) in [6.07, 6.45) is 7.07. The molecule has 2 fully saturated rings. The van der Waals surface area contributed by atoms with E-state index in [9.17, 15) is 38.3 Å². The summed E-state index contributed by atoms with van der Waals surface area (Å²) < 4.78 is 30.4. The van der Waals surface area contributed by atoms with E-state index in [-0.39, 0.29) is 47.2 Å². The third-order valence-corrected chi connectivity index (χ3v) is 9.99. The largest absolute Gasteiger partial charge is 0.477 e. The molecule has 0 aliphatic carbocycles. The molecule has 6 heterocycles. The standard InChI is InChI=1S/C21H22FN5O3.C20H19FN4O3.CH5NO.ClH/c1-25(30)21(29)18-8-17-15(11-26-7-6-23-20(28)13-26)12-27(19(17)9-24-18)10-14-2-4-16(22)5-3-14;21-15-3-1-13(2-4-15)9-25-11-14(10-24-6-5-22-19(26)12-24)16-7-17(20(27)28)23-8-18(16)25;1-2-3;/h2-5,8-9,12,30H,6-7,10-11,13H2,1H3,(H,23,28);1-4,7-8,11H,5-6,9-10,12H2,(H,22,26)(H,27,28);2-3H,1H3;1H. The maximum Gasteiger partial charge on any atom is 0.354 e. The summed E-state index contributed by atoms with van der Waals surface area (Å²) in [5, 5.41) is 33.8. The van der Waals surface area contributed by atoms with Gasteiger partial charge < -0.3 is 30.1 Å². The number of nitrogens with zero attached hydrogens (tertiary/aromatic N) is 7. The molecular weight excluding hydrogens is 830 g/mol. The first-order valence-electron chi connectivity index (χ1n) is 19.3. The maximum atomic E-state index is 13.2. The van der Waals surface area contributed by atoms with Crippen LogP contribution in [-0.2, 0) is 35.8 Å². The van der Waals surface area contributed by atoms with Crippen LogP contribution in [0.1, 0.15) is 43.2 Å². The molecule has 17 nitrogen and oxygen atoms in total. The van der Waals surface area contributed by atoms with Crippen molar-refractivity contribution < 1.29 is 43.5 Å². The van der Waals surface area contributed by atoms with Gasteiger partial charge in [0.25, 0.3) is 5.91 Å². The van der Waals surface area contributed by atoms with E-state index in [1.807, 2.05) is 31.3 Å². The van der Waals surface area contributed by atoms with E-state index in [0.717, 1.165) is 57.1 Å². The minimum absolute atomic E-state index is 0. The zero-order valence-corrected chi connectivity index (χ0v) is 34.7. The van der Waals surface area contributed by atoms with Gasteiger partial charge in [-0.05, 0) is 58.7 Å². The molecule has 2 saturated heterocycles.